The zero-order chi connectivity index (χ0) is 21.4. The zero-order valence-electron chi connectivity index (χ0n) is 17.7. The number of piperidine rings is 1. The number of carbonyl (C=O) groups excluding carboxylic acids is 1. The number of nitrogens with zero attached hydrogens (tertiary/aromatic N) is 4. The molecule has 1 aliphatic rings. The molecule has 1 amide bonds. The third-order valence-corrected chi connectivity index (χ3v) is 6.00. The SMILES string of the molecule is CN1CCC(c2cc(C(=O)Nc3cc4cc(-c5cnn(C)c5)ccc4cn3)co2)CC1. The fourth-order valence-electron chi connectivity index (χ4n) is 4.13. The Morgan fingerprint density at radius 1 is 1.06 bits per heavy atom. The molecule has 158 valence electrons. The van der Waals surface area contributed by atoms with Crippen LogP contribution in [-0.4, -0.2) is 45.7 Å². The smallest absolute Gasteiger partial charge is 0.260 e. The van der Waals surface area contributed by atoms with Gasteiger partial charge in [0.2, 0.25) is 0 Å². The molecule has 4 heterocycles. The maximum atomic E-state index is 12.8. The van der Waals surface area contributed by atoms with Gasteiger partial charge in [-0.15, -0.1) is 0 Å². The van der Waals surface area contributed by atoms with E-state index in [1.54, 1.807) is 17.1 Å². The number of fused-ring (bicyclic) bond motifs is 1. The quantitative estimate of drug-likeness (QED) is 0.538. The number of rotatable bonds is 4. The largest absolute Gasteiger partial charge is 0.468 e. The zero-order valence-corrected chi connectivity index (χ0v) is 17.7. The highest BCUT2D eigenvalue weighted by Crippen LogP contribution is 2.29. The summed E-state index contributed by atoms with van der Waals surface area (Å²) in [7, 11) is 4.03. The fourth-order valence-corrected chi connectivity index (χ4v) is 4.13. The molecule has 1 aromatic carbocycles. The minimum Gasteiger partial charge on any atom is -0.468 e. The number of hydrogen-bond donors (Lipinski definition) is 1. The molecule has 1 fully saturated rings. The van der Waals surface area contributed by atoms with Crippen LogP contribution in [0.1, 0.15) is 34.9 Å². The molecule has 0 atom stereocenters. The first-order valence-electron chi connectivity index (χ1n) is 10.5. The van der Waals surface area contributed by atoms with Gasteiger partial charge >= 0.3 is 0 Å². The number of carbonyl (C=O) groups is 1. The molecule has 3 aromatic heterocycles. The van der Waals surface area contributed by atoms with E-state index in [9.17, 15) is 4.79 Å². The first kappa shape index (κ1) is 19.5. The normalized spacial score (nSPS) is 15.4. The third kappa shape index (κ3) is 4.09. The van der Waals surface area contributed by atoms with Gasteiger partial charge < -0.3 is 14.6 Å². The summed E-state index contributed by atoms with van der Waals surface area (Å²) in [6, 6.07) is 9.92. The Hall–Kier alpha value is -3.45. The van der Waals surface area contributed by atoms with E-state index in [1.807, 2.05) is 37.6 Å². The van der Waals surface area contributed by atoms with Crippen molar-refractivity contribution in [2.24, 2.45) is 7.05 Å². The molecule has 0 radical (unpaired) electrons. The van der Waals surface area contributed by atoms with E-state index in [2.05, 4.69) is 39.5 Å². The number of likely N-dealkylation sites (tertiary alicyclic amines) is 1. The molecule has 0 unspecified atom stereocenters. The van der Waals surface area contributed by atoms with Gasteiger partial charge in [-0.05, 0) is 62.1 Å². The molecule has 4 aromatic rings. The van der Waals surface area contributed by atoms with Crippen LogP contribution in [0.15, 0.2) is 59.6 Å². The molecule has 7 heteroatoms. The van der Waals surface area contributed by atoms with E-state index in [-0.39, 0.29) is 5.91 Å². The molecular formula is C24H25N5O2. The molecule has 5 rings (SSSR count). The van der Waals surface area contributed by atoms with E-state index in [4.69, 9.17) is 4.42 Å². The predicted octanol–water partition coefficient (Wildman–Crippen LogP) is 4.29. The highest BCUT2D eigenvalue weighted by Gasteiger charge is 2.22. The Balaban J connectivity index is 1.33. The molecule has 31 heavy (non-hydrogen) atoms. The lowest BCUT2D eigenvalue weighted by atomic mass is 9.94. The lowest BCUT2D eigenvalue weighted by Crippen LogP contribution is -2.29. The summed E-state index contributed by atoms with van der Waals surface area (Å²) in [4.78, 5) is 19.5. The topological polar surface area (TPSA) is 76.2 Å². The van der Waals surface area contributed by atoms with Gasteiger partial charge in [0.15, 0.2) is 0 Å². The molecule has 7 nitrogen and oxygen atoms in total. The molecule has 1 N–H and O–H groups in total. The van der Waals surface area contributed by atoms with Crippen molar-refractivity contribution in [1.29, 1.82) is 0 Å². The van der Waals surface area contributed by atoms with Crippen molar-refractivity contribution in [3.8, 4) is 11.1 Å². The molecule has 1 saturated heterocycles. The van der Waals surface area contributed by atoms with Crippen LogP contribution in [0.5, 0.6) is 0 Å². The number of aryl methyl sites for hydroxylation is 1. The summed E-state index contributed by atoms with van der Waals surface area (Å²) in [5.41, 5.74) is 2.65. The number of furan rings is 1. The minimum atomic E-state index is -0.210. The van der Waals surface area contributed by atoms with E-state index in [0.29, 0.717) is 17.3 Å². The van der Waals surface area contributed by atoms with E-state index < -0.39 is 0 Å². The van der Waals surface area contributed by atoms with Gasteiger partial charge in [-0.2, -0.15) is 5.10 Å². The van der Waals surface area contributed by atoms with Gasteiger partial charge in [-0.25, -0.2) is 4.98 Å². The van der Waals surface area contributed by atoms with Crippen LogP contribution in [-0.2, 0) is 7.05 Å². The summed E-state index contributed by atoms with van der Waals surface area (Å²) in [5, 5.41) is 9.16. The van der Waals surface area contributed by atoms with Crippen molar-refractivity contribution in [3.05, 3.63) is 66.5 Å². The Bertz CT molecular complexity index is 1230. The second kappa shape index (κ2) is 8.00. The predicted molar refractivity (Wildman–Crippen MR) is 120 cm³/mol. The fraction of sp³-hybridized carbons (Fsp3) is 0.292. The van der Waals surface area contributed by atoms with Crippen LogP contribution in [0.2, 0.25) is 0 Å². The monoisotopic (exact) mass is 415 g/mol. The van der Waals surface area contributed by atoms with E-state index in [0.717, 1.165) is 53.6 Å². The first-order chi connectivity index (χ1) is 15.0. The molecule has 0 bridgehead atoms. The van der Waals surface area contributed by atoms with Crippen LogP contribution < -0.4 is 5.32 Å². The second-order valence-electron chi connectivity index (χ2n) is 8.30. The number of amides is 1. The Morgan fingerprint density at radius 3 is 2.68 bits per heavy atom. The molecule has 0 saturated carbocycles. The minimum absolute atomic E-state index is 0.210. The number of pyridine rings is 1. The maximum Gasteiger partial charge on any atom is 0.260 e. The van der Waals surface area contributed by atoms with Crippen molar-refractivity contribution >= 4 is 22.5 Å². The summed E-state index contributed by atoms with van der Waals surface area (Å²) in [5.74, 6) is 1.58. The summed E-state index contributed by atoms with van der Waals surface area (Å²) in [6.07, 6.45) is 9.24. The molecule has 0 spiro atoms. The highest BCUT2D eigenvalue weighted by molar-refractivity contribution is 6.04. The molecular weight excluding hydrogens is 390 g/mol. The number of hydrogen-bond acceptors (Lipinski definition) is 5. The van der Waals surface area contributed by atoms with E-state index in [1.165, 1.54) is 0 Å². The lowest BCUT2D eigenvalue weighted by Gasteiger charge is -2.27. The molecule has 0 aliphatic carbocycles. The van der Waals surface area contributed by atoms with Gasteiger partial charge in [-0.3, -0.25) is 9.48 Å². The summed E-state index contributed by atoms with van der Waals surface area (Å²) in [6.45, 7) is 2.10. The van der Waals surface area contributed by atoms with E-state index >= 15 is 0 Å². The first-order valence-corrected chi connectivity index (χ1v) is 10.5. The van der Waals surface area contributed by atoms with Crippen molar-refractivity contribution in [1.82, 2.24) is 19.7 Å². The Kier molecular flexibility index (Phi) is 5.03. The Labute approximate surface area is 180 Å². The van der Waals surface area contributed by atoms with Gasteiger partial charge in [0.25, 0.3) is 5.91 Å². The van der Waals surface area contributed by atoms with Crippen molar-refractivity contribution in [3.63, 3.8) is 0 Å². The number of nitrogens with one attached hydrogen (secondary N) is 1. The van der Waals surface area contributed by atoms with Crippen LogP contribution in [0.4, 0.5) is 5.82 Å². The van der Waals surface area contributed by atoms with Crippen LogP contribution >= 0.6 is 0 Å². The van der Waals surface area contributed by atoms with Crippen LogP contribution in [0.3, 0.4) is 0 Å². The average Bonchev–Trinajstić information content (AvgIpc) is 3.43. The van der Waals surface area contributed by atoms with Crippen LogP contribution in [0.25, 0.3) is 21.9 Å². The maximum absolute atomic E-state index is 12.8. The number of anilines is 1. The standard InChI is InChI=1S/C24H25N5O2/c1-28-7-5-16(6-8-28)22-10-20(15-31-22)24(30)27-23-11-19-9-17(3-4-18(19)12-25-23)21-13-26-29(2)14-21/h3-4,9-16H,5-8H2,1-2H3,(H,25,27,30). The Morgan fingerprint density at radius 2 is 1.90 bits per heavy atom. The average molecular weight is 415 g/mol. The second-order valence-corrected chi connectivity index (χ2v) is 8.30. The van der Waals surface area contributed by atoms with Gasteiger partial charge in [-0.1, -0.05) is 12.1 Å². The van der Waals surface area contributed by atoms with Crippen molar-refractivity contribution in [2.75, 3.05) is 25.5 Å². The highest BCUT2D eigenvalue weighted by atomic mass is 16.3. The van der Waals surface area contributed by atoms with Crippen molar-refractivity contribution < 1.29 is 9.21 Å². The van der Waals surface area contributed by atoms with Crippen molar-refractivity contribution in [2.45, 2.75) is 18.8 Å². The van der Waals surface area contributed by atoms with Gasteiger partial charge in [0.1, 0.15) is 17.8 Å². The van der Waals surface area contributed by atoms with Gasteiger partial charge in [0.05, 0.1) is 11.8 Å². The summed E-state index contributed by atoms with van der Waals surface area (Å²) >= 11 is 0. The third-order valence-electron chi connectivity index (χ3n) is 6.00. The summed E-state index contributed by atoms with van der Waals surface area (Å²) < 4.78 is 7.51. The number of benzene rings is 1. The number of aromatic nitrogens is 3. The molecule has 1 aliphatic heterocycles. The van der Waals surface area contributed by atoms with Gasteiger partial charge in [0, 0.05) is 36.3 Å². The van der Waals surface area contributed by atoms with Crippen LogP contribution in [0, 0.1) is 0 Å². The lowest BCUT2D eigenvalue weighted by molar-refractivity contribution is 0.102.